The van der Waals surface area contributed by atoms with Crippen LogP contribution in [-0.2, 0) is 6.54 Å². The van der Waals surface area contributed by atoms with E-state index in [1.165, 1.54) is 23.7 Å². The number of rotatable bonds is 2. The van der Waals surface area contributed by atoms with E-state index < -0.39 is 0 Å². The van der Waals surface area contributed by atoms with Crippen molar-refractivity contribution in [3.63, 3.8) is 0 Å². The lowest BCUT2D eigenvalue weighted by Gasteiger charge is -2.01. The van der Waals surface area contributed by atoms with Crippen molar-refractivity contribution in [2.24, 2.45) is 5.92 Å². The van der Waals surface area contributed by atoms with Crippen molar-refractivity contribution in [2.75, 3.05) is 0 Å². The highest BCUT2D eigenvalue weighted by atomic mass is 79.9. The second-order valence-corrected chi connectivity index (χ2v) is 4.89. The van der Waals surface area contributed by atoms with Crippen molar-refractivity contribution in [3.05, 3.63) is 28.9 Å². The average molecular weight is 251 g/mol. The van der Waals surface area contributed by atoms with Gasteiger partial charge in [0.15, 0.2) is 0 Å². The molecule has 3 heteroatoms. The fourth-order valence-corrected chi connectivity index (χ4v) is 2.08. The summed E-state index contributed by atoms with van der Waals surface area (Å²) >= 11 is 3.49. The van der Waals surface area contributed by atoms with Crippen LogP contribution in [0.5, 0.6) is 0 Å². The van der Waals surface area contributed by atoms with E-state index in [0.29, 0.717) is 0 Å². The predicted molar refractivity (Wildman–Crippen MR) is 60.2 cm³/mol. The number of hydrogen-bond donors (Lipinski definition) is 0. The highest BCUT2D eigenvalue weighted by molar-refractivity contribution is 9.10. The Morgan fingerprint density at radius 2 is 2.29 bits per heavy atom. The number of fused-ring (bicyclic) bond motifs is 1. The molecule has 0 amide bonds. The summed E-state index contributed by atoms with van der Waals surface area (Å²) in [6.07, 6.45) is 4.69. The SMILES string of the molecule is Brc1ccc2cnn(CC3CC3)c2c1. The zero-order chi connectivity index (χ0) is 9.54. The third kappa shape index (κ3) is 1.46. The first-order valence-electron chi connectivity index (χ1n) is 4.94. The van der Waals surface area contributed by atoms with Gasteiger partial charge in [0, 0.05) is 16.4 Å². The molecule has 1 heterocycles. The zero-order valence-electron chi connectivity index (χ0n) is 7.78. The van der Waals surface area contributed by atoms with Gasteiger partial charge in [0.25, 0.3) is 0 Å². The van der Waals surface area contributed by atoms with E-state index >= 15 is 0 Å². The Balaban J connectivity index is 2.08. The van der Waals surface area contributed by atoms with Gasteiger partial charge >= 0.3 is 0 Å². The third-order valence-corrected chi connectivity index (χ3v) is 3.23. The van der Waals surface area contributed by atoms with Crippen molar-refractivity contribution in [3.8, 4) is 0 Å². The van der Waals surface area contributed by atoms with Crippen molar-refractivity contribution in [1.29, 1.82) is 0 Å². The van der Waals surface area contributed by atoms with Crippen LogP contribution >= 0.6 is 15.9 Å². The van der Waals surface area contributed by atoms with Gasteiger partial charge in [-0.05, 0) is 30.9 Å². The summed E-state index contributed by atoms with van der Waals surface area (Å²) in [5.41, 5.74) is 1.24. The molecular formula is C11H11BrN2. The Labute approximate surface area is 91.0 Å². The number of aromatic nitrogens is 2. The van der Waals surface area contributed by atoms with E-state index in [-0.39, 0.29) is 0 Å². The minimum absolute atomic E-state index is 0.872. The van der Waals surface area contributed by atoms with Crippen LogP contribution in [0, 0.1) is 5.92 Å². The van der Waals surface area contributed by atoms with E-state index in [2.05, 4.69) is 43.9 Å². The molecule has 0 unspecified atom stereocenters. The average Bonchev–Trinajstić information content (AvgIpc) is 2.90. The van der Waals surface area contributed by atoms with Gasteiger partial charge in [-0.15, -0.1) is 0 Å². The number of halogens is 1. The van der Waals surface area contributed by atoms with Crippen LogP contribution in [0.4, 0.5) is 0 Å². The minimum atomic E-state index is 0.872. The second-order valence-electron chi connectivity index (χ2n) is 3.97. The van der Waals surface area contributed by atoms with Gasteiger partial charge in [0.1, 0.15) is 0 Å². The van der Waals surface area contributed by atoms with Gasteiger partial charge < -0.3 is 0 Å². The lowest BCUT2D eigenvalue weighted by Crippen LogP contribution is -2.00. The van der Waals surface area contributed by atoms with Crippen LogP contribution in [0.1, 0.15) is 12.8 Å². The molecule has 0 bridgehead atoms. The van der Waals surface area contributed by atoms with Crippen LogP contribution in [-0.4, -0.2) is 9.78 Å². The largest absolute Gasteiger partial charge is 0.265 e. The van der Waals surface area contributed by atoms with Crippen LogP contribution in [0.25, 0.3) is 10.9 Å². The highest BCUT2D eigenvalue weighted by Crippen LogP contribution is 2.31. The molecule has 0 aliphatic heterocycles. The maximum atomic E-state index is 4.41. The predicted octanol–water partition coefficient (Wildman–Crippen LogP) is 3.21. The smallest absolute Gasteiger partial charge is 0.0693 e. The first-order valence-corrected chi connectivity index (χ1v) is 5.73. The molecular weight excluding hydrogens is 240 g/mol. The summed E-state index contributed by atoms with van der Waals surface area (Å²) in [5.74, 6) is 0.872. The molecule has 0 atom stereocenters. The molecule has 1 fully saturated rings. The van der Waals surface area contributed by atoms with Crippen LogP contribution in [0.3, 0.4) is 0 Å². The summed E-state index contributed by atoms with van der Waals surface area (Å²) in [6, 6.07) is 6.31. The van der Waals surface area contributed by atoms with Gasteiger partial charge in [-0.1, -0.05) is 22.0 Å². The molecule has 2 nitrogen and oxygen atoms in total. The van der Waals surface area contributed by atoms with E-state index in [0.717, 1.165) is 16.9 Å². The highest BCUT2D eigenvalue weighted by Gasteiger charge is 2.22. The second kappa shape index (κ2) is 3.09. The van der Waals surface area contributed by atoms with Crippen LogP contribution < -0.4 is 0 Å². The Hall–Kier alpha value is -0.830. The summed E-state index contributed by atoms with van der Waals surface area (Å²) in [7, 11) is 0. The van der Waals surface area contributed by atoms with Crippen LogP contribution in [0.2, 0.25) is 0 Å². The van der Waals surface area contributed by atoms with Crippen LogP contribution in [0.15, 0.2) is 28.9 Å². The Bertz CT molecular complexity index is 471. The molecule has 0 spiro atoms. The molecule has 1 saturated carbocycles. The normalized spacial score (nSPS) is 16.4. The Morgan fingerprint density at radius 3 is 3.07 bits per heavy atom. The summed E-state index contributed by atoms with van der Waals surface area (Å²) < 4.78 is 3.25. The molecule has 3 rings (SSSR count). The van der Waals surface area contributed by atoms with Crippen molar-refractivity contribution < 1.29 is 0 Å². The summed E-state index contributed by atoms with van der Waals surface area (Å²) in [4.78, 5) is 0. The van der Waals surface area contributed by atoms with Gasteiger partial charge in [0.2, 0.25) is 0 Å². The Morgan fingerprint density at radius 1 is 1.43 bits per heavy atom. The maximum absolute atomic E-state index is 4.41. The first kappa shape index (κ1) is 8.48. The van der Waals surface area contributed by atoms with E-state index in [1.807, 2.05) is 6.20 Å². The molecule has 2 aromatic rings. The lowest BCUT2D eigenvalue weighted by atomic mass is 10.2. The molecule has 14 heavy (non-hydrogen) atoms. The molecule has 1 aromatic carbocycles. The summed E-state index contributed by atoms with van der Waals surface area (Å²) in [5, 5.41) is 5.64. The molecule has 0 N–H and O–H groups in total. The fourth-order valence-electron chi connectivity index (χ4n) is 1.73. The molecule has 0 saturated heterocycles. The summed E-state index contributed by atoms with van der Waals surface area (Å²) in [6.45, 7) is 1.08. The minimum Gasteiger partial charge on any atom is -0.265 e. The topological polar surface area (TPSA) is 17.8 Å². The number of nitrogens with zero attached hydrogens (tertiary/aromatic N) is 2. The van der Waals surface area contributed by atoms with E-state index in [1.54, 1.807) is 0 Å². The third-order valence-electron chi connectivity index (χ3n) is 2.73. The van der Waals surface area contributed by atoms with E-state index in [4.69, 9.17) is 0 Å². The fraction of sp³-hybridized carbons (Fsp3) is 0.364. The molecule has 0 radical (unpaired) electrons. The lowest BCUT2D eigenvalue weighted by molar-refractivity contribution is 0.580. The standard InChI is InChI=1S/C11H11BrN2/c12-10-4-3-9-6-13-14(11(9)5-10)7-8-1-2-8/h3-6,8H,1-2,7H2. The number of benzene rings is 1. The molecule has 1 aliphatic carbocycles. The first-order chi connectivity index (χ1) is 6.83. The van der Waals surface area contributed by atoms with E-state index in [9.17, 15) is 0 Å². The van der Waals surface area contributed by atoms with Gasteiger partial charge in [-0.3, -0.25) is 4.68 Å². The van der Waals surface area contributed by atoms with Crippen molar-refractivity contribution in [1.82, 2.24) is 9.78 Å². The van der Waals surface area contributed by atoms with Gasteiger partial charge in [-0.2, -0.15) is 5.10 Å². The molecule has 72 valence electrons. The Kier molecular flexibility index (Phi) is 1.87. The zero-order valence-corrected chi connectivity index (χ0v) is 9.37. The monoisotopic (exact) mass is 250 g/mol. The van der Waals surface area contributed by atoms with Crippen molar-refractivity contribution in [2.45, 2.75) is 19.4 Å². The van der Waals surface area contributed by atoms with Gasteiger partial charge in [0.05, 0.1) is 11.7 Å². The molecule has 1 aromatic heterocycles. The number of hydrogen-bond acceptors (Lipinski definition) is 1. The maximum Gasteiger partial charge on any atom is 0.0693 e. The van der Waals surface area contributed by atoms with Crippen molar-refractivity contribution >= 4 is 26.8 Å². The van der Waals surface area contributed by atoms with Gasteiger partial charge in [-0.25, -0.2) is 0 Å². The quantitative estimate of drug-likeness (QED) is 0.801. The molecule has 1 aliphatic rings.